The van der Waals surface area contributed by atoms with Crippen LogP contribution in [0.25, 0.3) is 0 Å². The number of halogens is 1. The molecular weight excluding hydrogens is 232 g/mol. The summed E-state index contributed by atoms with van der Waals surface area (Å²) in [6.45, 7) is 7.53. The second-order valence-electron chi connectivity index (χ2n) is 5.69. The highest BCUT2D eigenvalue weighted by Gasteiger charge is 2.33. The van der Waals surface area contributed by atoms with E-state index in [0.29, 0.717) is 6.04 Å². The van der Waals surface area contributed by atoms with E-state index in [1.54, 1.807) is 0 Å². The Labute approximate surface area is 109 Å². The lowest BCUT2D eigenvalue weighted by molar-refractivity contribution is 0.0899. The van der Waals surface area contributed by atoms with Gasteiger partial charge in [0, 0.05) is 30.7 Å². The van der Waals surface area contributed by atoms with Crippen LogP contribution in [0.2, 0.25) is 5.02 Å². The Hall–Kier alpha value is -0.570. The molecule has 2 rings (SSSR count). The molecule has 1 atom stereocenters. The molecule has 94 valence electrons. The van der Waals surface area contributed by atoms with E-state index in [2.05, 4.69) is 24.8 Å². The summed E-state index contributed by atoms with van der Waals surface area (Å²) in [6, 6.07) is 8.39. The molecule has 2 N–H and O–H groups in total. The highest BCUT2D eigenvalue weighted by atomic mass is 35.5. The van der Waals surface area contributed by atoms with Gasteiger partial charge in [0.05, 0.1) is 0 Å². The fourth-order valence-electron chi connectivity index (χ4n) is 2.49. The molecule has 1 aliphatic rings. The number of nitrogens with zero attached hydrogens (tertiary/aromatic N) is 1. The number of nitrogens with two attached hydrogens (primary N) is 1. The molecule has 2 nitrogen and oxygen atoms in total. The maximum atomic E-state index is 6.19. The Balaban J connectivity index is 2.04. The quantitative estimate of drug-likeness (QED) is 0.877. The summed E-state index contributed by atoms with van der Waals surface area (Å²) in [5.74, 6) is 0. The van der Waals surface area contributed by atoms with Gasteiger partial charge in [-0.2, -0.15) is 0 Å². The van der Waals surface area contributed by atoms with E-state index in [1.807, 2.05) is 18.2 Å². The van der Waals surface area contributed by atoms with Crippen LogP contribution in [-0.2, 0) is 6.54 Å². The maximum absolute atomic E-state index is 6.19. The predicted octanol–water partition coefficient (Wildman–Crippen LogP) is 2.90. The molecule has 1 unspecified atom stereocenters. The molecule has 1 aromatic rings. The van der Waals surface area contributed by atoms with Crippen molar-refractivity contribution in [3.8, 4) is 0 Å². The van der Waals surface area contributed by atoms with Crippen LogP contribution in [0.3, 0.4) is 0 Å². The summed E-state index contributed by atoms with van der Waals surface area (Å²) in [4.78, 5) is 2.45. The van der Waals surface area contributed by atoms with Crippen LogP contribution in [0.15, 0.2) is 24.3 Å². The summed E-state index contributed by atoms with van der Waals surface area (Å²) in [6.07, 6.45) is 1.07. The smallest absolute Gasteiger partial charge is 0.0451 e. The highest BCUT2D eigenvalue weighted by molar-refractivity contribution is 6.31. The normalized spacial score (nSPS) is 24.8. The first-order valence-electron chi connectivity index (χ1n) is 6.20. The summed E-state index contributed by atoms with van der Waals surface area (Å²) in [5, 5.41) is 0.861. The van der Waals surface area contributed by atoms with Crippen LogP contribution >= 0.6 is 11.6 Å². The second kappa shape index (κ2) is 4.97. The van der Waals surface area contributed by atoms with Gasteiger partial charge in [0.2, 0.25) is 0 Å². The Kier molecular flexibility index (Phi) is 3.76. The molecule has 0 amide bonds. The highest BCUT2D eigenvalue weighted by Crippen LogP contribution is 2.29. The SMILES string of the molecule is CC1(C)CN(Cc2ccccc2Cl)CCC1N. The first kappa shape index (κ1) is 12.9. The van der Waals surface area contributed by atoms with E-state index in [9.17, 15) is 0 Å². The monoisotopic (exact) mass is 252 g/mol. The summed E-state index contributed by atoms with van der Waals surface area (Å²) >= 11 is 6.19. The zero-order valence-corrected chi connectivity index (χ0v) is 11.4. The number of piperidine rings is 1. The Morgan fingerprint density at radius 2 is 2.12 bits per heavy atom. The average molecular weight is 253 g/mol. The first-order chi connectivity index (χ1) is 7.99. The summed E-state index contributed by atoms with van der Waals surface area (Å²) in [7, 11) is 0. The average Bonchev–Trinajstić information content (AvgIpc) is 2.26. The largest absolute Gasteiger partial charge is 0.327 e. The third-order valence-corrected chi connectivity index (χ3v) is 4.11. The van der Waals surface area contributed by atoms with Gasteiger partial charge in [-0.05, 0) is 23.5 Å². The minimum absolute atomic E-state index is 0.194. The third-order valence-electron chi connectivity index (χ3n) is 3.74. The van der Waals surface area contributed by atoms with Gasteiger partial charge in [0.25, 0.3) is 0 Å². The van der Waals surface area contributed by atoms with Crippen molar-refractivity contribution in [3.63, 3.8) is 0 Å². The van der Waals surface area contributed by atoms with Crippen molar-refractivity contribution in [1.82, 2.24) is 4.90 Å². The molecule has 1 saturated heterocycles. The van der Waals surface area contributed by atoms with Gasteiger partial charge in [-0.3, -0.25) is 4.90 Å². The van der Waals surface area contributed by atoms with Crippen molar-refractivity contribution in [2.24, 2.45) is 11.1 Å². The molecule has 0 aliphatic carbocycles. The van der Waals surface area contributed by atoms with Gasteiger partial charge in [-0.25, -0.2) is 0 Å². The van der Waals surface area contributed by atoms with Crippen LogP contribution in [0.1, 0.15) is 25.8 Å². The Morgan fingerprint density at radius 1 is 1.41 bits per heavy atom. The lowest BCUT2D eigenvalue weighted by Gasteiger charge is -2.42. The molecule has 0 spiro atoms. The standard InChI is InChI=1S/C14H21ClN2/c1-14(2)10-17(8-7-13(14)16)9-11-5-3-4-6-12(11)15/h3-6,13H,7-10,16H2,1-2H3. The molecule has 1 fully saturated rings. The maximum Gasteiger partial charge on any atom is 0.0451 e. The van der Waals surface area contributed by atoms with Gasteiger partial charge in [0.15, 0.2) is 0 Å². The zero-order chi connectivity index (χ0) is 12.5. The van der Waals surface area contributed by atoms with Gasteiger partial charge in [-0.1, -0.05) is 43.6 Å². The molecule has 17 heavy (non-hydrogen) atoms. The van der Waals surface area contributed by atoms with E-state index < -0.39 is 0 Å². The molecule has 0 radical (unpaired) electrons. The minimum Gasteiger partial charge on any atom is -0.327 e. The molecule has 0 saturated carbocycles. The number of rotatable bonds is 2. The zero-order valence-electron chi connectivity index (χ0n) is 10.6. The first-order valence-corrected chi connectivity index (χ1v) is 6.58. The van der Waals surface area contributed by atoms with Crippen LogP contribution in [0, 0.1) is 5.41 Å². The molecular formula is C14H21ClN2. The van der Waals surface area contributed by atoms with Crippen molar-refractivity contribution in [2.75, 3.05) is 13.1 Å². The van der Waals surface area contributed by atoms with Crippen molar-refractivity contribution >= 4 is 11.6 Å². The predicted molar refractivity (Wildman–Crippen MR) is 73.1 cm³/mol. The number of hydrogen-bond donors (Lipinski definition) is 1. The third kappa shape index (κ3) is 3.01. The fraction of sp³-hybridized carbons (Fsp3) is 0.571. The summed E-state index contributed by atoms with van der Waals surface area (Å²) < 4.78 is 0. The van der Waals surface area contributed by atoms with Crippen LogP contribution < -0.4 is 5.73 Å². The minimum atomic E-state index is 0.194. The molecule has 1 heterocycles. The van der Waals surface area contributed by atoms with E-state index in [-0.39, 0.29) is 5.41 Å². The van der Waals surface area contributed by atoms with Crippen molar-refractivity contribution < 1.29 is 0 Å². The van der Waals surface area contributed by atoms with E-state index in [4.69, 9.17) is 17.3 Å². The van der Waals surface area contributed by atoms with Crippen LogP contribution in [-0.4, -0.2) is 24.0 Å². The molecule has 1 aliphatic heterocycles. The molecule has 0 bridgehead atoms. The lowest BCUT2D eigenvalue weighted by atomic mass is 9.79. The second-order valence-corrected chi connectivity index (χ2v) is 6.09. The van der Waals surface area contributed by atoms with Crippen LogP contribution in [0.4, 0.5) is 0 Å². The van der Waals surface area contributed by atoms with Crippen molar-refractivity contribution in [3.05, 3.63) is 34.9 Å². The summed E-state index contributed by atoms with van der Waals surface area (Å²) in [5.41, 5.74) is 7.55. The number of hydrogen-bond acceptors (Lipinski definition) is 2. The van der Waals surface area contributed by atoms with Gasteiger partial charge < -0.3 is 5.73 Å². The Morgan fingerprint density at radius 3 is 2.76 bits per heavy atom. The van der Waals surface area contributed by atoms with Crippen molar-refractivity contribution in [1.29, 1.82) is 0 Å². The molecule has 0 aromatic heterocycles. The van der Waals surface area contributed by atoms with E-state index in [0.717, 1.165) is 31.1 Å². The number of likely N-dealkylation sites (tertiary alicyclic amines) is 1. The molecule has 3 heteroatoms. The lowest BCUT2D eigenvalue weighted by Crippen LogP contribution is -2.52. The Bertz CT molecular complexity index is 390. The van der Waals surface area contributed by atoms with Gasteiger partial charge in [0.1, 0.15) is 0 Å². The van der Waals surface area contributed by atoms with E-state index >= 15 is 0 Å². The fourth-order valence-corrected chi connectivity index (χ4v) is 2.68. The molecule has 1 aromatic carbocycles. The van der Waals surface area contributed by atoms with E-state index in [1.165, 1.54) is 5.56 Å². The van der Waals surface area contributed by atoms with Gasteiger partial charge >= 0.3 is 0 Å². The van der Waals surface area contributed by atoms with Crippen molar-refractivity contribution in [2.45, 2.75) is 32.9 Å². The topological polar surface area (TPSA) is 29.3 Å². The van der Waals surface area contributed by atoms with Gasteiger partial charge in [-0.15, -0.1) is 0 Å². The number of benzene rings is 1. The van der Waals surface area contributed by atoms with Crippen LogP contribution in [0.5, 0.6) is 0 Å².